The summed E-state index contributed by atoms with van der Waals surface area (Å²) in [5.74, 6) is -1.74. The molecule has 0 saturated carbocycles. The van der Waals surface area contributed by atoms with Crippen LogP contribution in [-0.2, 0) is 11.0 Å². The standard InChI is InChI=1S/C11H14F3N3O/c1-2-3-4-7(9(15)18)10-16-6-5-8(17-10)11(12,13)14/h5-7H,2-4H2,1H3,(H2,15,18). The summed E-state index contributed by atoms with van der Waals surface area (Å²) in [7, 11) is 0. The summed E-state index contributed by atoms with van der Waals surface area (Å²) < 4.78 is 37.4. The number of carbonyl (C=O) groups excluding carboxylic acids is 1. The van der Waals surface area contributed by atoms with E-state index >= 15 is 0 Å². The third-order valence-corrected chi connectivity index (χ3v) is 2.47. The van der Waals surface area contributed by atoms with E-state index in [1.807, 2.05) is 6.92 Å². The highest BCUT2D eigenvalue weighted by Crippen LogP contribution is 2.28. The molecule has 1 amide bonds. The minimum Gasteiger partial charge on any atom is -0.369 e. The quantitative estimate of drug-likeness (QED) is 0.883. The molecule has 0 spiro atoms. The first-order chi connectivity index (χ1) is 8.36. The third kappa shape index (κ3) is 3.68. The maximum Gasteiger partial charge on any atom is 0.433 e. The summed E-state index contributed by atoms with van der Waals surface area (Å²) in [5, 5.41) is 0. The van der Waals surface area contributed by atoms with E-state index in [1.54, 1.807) is 0 Å². The predicted molar refractivity (Wildman–Crippen MR) is 58.5 cm³/mol. The molecule has 0 fully saturated rings. The smallest absolute Gasteiger partial charge is 0.369 e. The maximum atomic E-state index is 12.5. The first kappa shape index (κ1) is 14.4. The second kappa shape index (κ2) is 5.79. The van der Waals surface area contributed by atoms with Crippen molar-refractivity contribution in [2.24, 2.45) is 5.73 Å². The average Bonchev–Trinajstić information content (AvgIpc) is 2.28. The molecule has 1 heterocycles. The van der Waals surface area contributed by atoms with Crippen LogP contribution in [0.1, 0.15) is 43.6 Å². The summed E-state index contributed by atoms with van der Waals surface area (Å²) in [5.41, 5.74) is 4.11. The van der Waals surface area contributed by atoms with Gasteiger partial charge in [-0.3, -0.25) is 4.79 Å². The van der Waals surface area contributed by atoms with E-state index in [0.717, 1.165) is 18.7 Å². The van der Waals surface area contributed by atoms with Crippen molar-refractivity contribution in [1.29, 1.82) is 0 Å². The van der Waals surface area contributed by atoms with Gasteiger partial charge in [0.15, 0.2) is 0 Å². The zero-order valence-corrected chi connectivity index (χ0v) is 9.87. The van der Waals surface area contributed by atoms with Gasteiger partial charge in [0.05, 0.1) is 5.92 Å². The topological polar surface area (TPSA) is 68.9 Å². The van der Waals surface area contributed by atoms with Gasteiger partial charge in [-0.15, -0.1) is 0 Å². The molecule has 0 aliphatic heterocycles. The van der Waals surface area contributed by atoms with Gasteiger partial charge in [-0.2, -0.15) is 13.2 Å². The molecule has 1 atom stereocenters. The van der Waals surface area contributed by atoms with Crippen LogP contribution in [0.15, 0.2) is 12.3 Å². The number of nitrogens with two attached hydrogens (primary N) is 1. The lowest BCUT2D eigenvalue weighted by Gasteiger charge is -2.13. The van der Waals surface area contributed by atoms with Crippen LogP contribution in [0.4, 0.5) is 13.2 Å². The van der Waals surface area contributed by atoms with Gasteiger partial charge in [0, 0.05) is 6.20 Å². The number of alkyl halides is 3. The molecule has 4 nitrogen and oxygen atoms in total. The highest BCUT2D eigenvalue weighted by Gasteiger charge is 2.33. The number of hydrogen-bond acceptors (Lipinski definition) is 3. The van der Waals surface area contributed by atoms with E-state index in [9.17, 15) is 18.0 Å². The van der Waals surface area contributed by atoms with Crippen molar-refractivity contribution in [2.45, 2.75) is 38.3 Å². The lowest BCUT2D eigenvalue weighted by atomic mass is 10.0. The average molecular weight is 261 g/mol. The fourth-order valence-electron chi connectivity index (χ4n) is 1.51. The predicted octanol–water partition coefficient (Wildman–Crippen LogP) is 2.25. The SMILES string of the molecule is CCCCC(C(N)=O)c1nccc(C(F)(F)F)n1. The molecule has 0 bridgehead atoms. The van der Waals surface area contributed by atoms with Gasteiger partial charge in [-0.1, -0.05) is 19.8 Å². The third-order valence-electron chi connectivity index (χ3n) is 2.47. The number of carbonyl (C=O) groups is 1. The fourth-order valence-corrected chi connectivity index (χ4v) is 1.51. The Bertz CT molecular complexity index is 420. The molecule has 7 heteroatoms. The van der Waals surface area contributed by atoms with Crippen molar-refractivity contribution in [3.05, 3.63) is 23.8 Å². The highest BCUT2D eigenvalue weighted by molar-refractivity contribution is 5.80. The van der Waals surface area contributed by atoms with Crippen LogP contribution < -0.4 is 5.73 Å². The molecule has 1 unspecified atom stereocenters. The van der Waals surface area contributed by atoms with Gasteiger partial charge in [0.1, 0.15) is 11.5 Å². The summed E-state index contributed by atoms with van der Waals surface area (Å²) in [6.45, 7) is 1.91. The largest absolute Gasteiger partial charge is 0.433 e. The second-order valence-corrected chi connectivity index (χ2v) is 3.90. The van der Waals surface area contributed by atoms with Crippen molar-refractivity contribution in [3.63, 3.8) is 0 Å². The fraction of sp³-hybridized carbons (Fsp3) is 0.545. The minimum atomic E-state index is -4.55. The molecule has 0 aromatic carbocycles. The molecule has 1 rings (SSSR count). The lowest BCUT2D eigenvalue weighted by Crippen LogP contribution is -2.24. The number of aromatic nitrogens is 2. The molecular weight excluding hydrogens is 247 g/mol. The Morgan fingerprint density at radius 1 is 1.50 bits per heavy atom. The van der Waals surface area contributed by atoms with Crippen molar-refractivity contribution >= 4 is 5.91 Å². The molecule has 0 aliphatic carbocycles. The van der Waals surface area contributed by atoms with E-state index < -0.39 is 23.7 Å². The molecule has 18 heavy (non-hydrogen) atoms. The number of rotatable bonds is 5. The normalized spacial score (nSPS) is 13.3. The lowest BCUT2D eigenvalue weighted by molar-refractivity contribution is -0.141. The Hall–Kier alpha value is -1.66. The zero-order valence-electron chi connectivity index (χ0n) is 9.87. The summed E-state index contributed by atoms with van der Waals surface area (Å²) in [6.07, 6.45) is -1.72. The van der Waals surface area contributed by atoms with Gasteiger partial charge in [-0.05, 0) is 12.5 Å². The number of amides is 1. The second-order valence-electron chi connectivity index (χ2n) is 3.90. The van der Waals surface area contributed by atoms with Gasteiger partial charge in [0.2, 0.25) is 5.91 Å². The van der Waals surface area contributed by atoms with Crippen molar-refractivity contribution < 1.29 is 18.0 Å². The molecular formula is C11H14F3N3O. The van der Waals surface area contributed by atoms with E-state index in [4.69, 9.17) is 5.73 Å². The Morgan fingerprint density at radius 2 is 2.17 bits per heavy atom. The Kier molecular flexibility index (Phi) is 4.63. The van der Waals surface area contributed by atoms with Crippen LogP contribution in [-0.4, -0.2) is 15.9 Å². The minimum absolute atomic E-state index is 0.161. The monoisotopic (exact) mass is 261 g/mol. The Labute approximate surface area is 102 Å². The van der Waals surface area contributed by atoms with Crippen LogP contribution in [0.2, 0.25) is 0 Å². The number of hydrogen-bond donors (Lipinski definition) is 1. The molecule has 0 saturated heterocycles. The van der Waals surface area contributed by atoms with Crippen LogP contribution in [0, 0.1) is 0 Å². The van der Waals surface area contributed by atoms with Crippen molar-refractivity contribution in [1.82, 2.24) is 9.97 Å². The molecule has 1 aromatic heterocycles. The van der Waals surface area contributed by atoms with Crippen LogP contribution in [0.3, 0.4) is 0 Å². The summed E-state index contributed by atoms with van der Waals surface area (Å²) in [4.78, 5) is 18.3. The Balaban J connectivity index is 3.02. The number of nitrogens with zero attached hydrogens (tertiary/aromatic N) is 2. The van der Waals surface area contributed by atoms with Crippen molar-refractivity contribution in [3.8, 4) is 0 Å². The number of halogens is 3. The molecule has 100 valence electrons. The van der Waals surface area contributed by atoms with E-state index in [0.29, 0.717) is 12.8 Å². The van der Waals surface area contributed by atoms with Crippen LogP contribution in [0.25, 0.3) is 0 Å². The summed E-state index contributed by atoms with van der Waals surface area (Å²) in [6, 6.07) is 0.765. The van der Waals surface area contributed by atoms with E-state index in [1.165, 1.54) is 0 Å². The van der Waals surface area contributed by atoms with Crippen LogP contribution >= 0.6 is 0 Å². The summed E-state index contributed by atoms with van der Waals surface area (Å²) >= 11 is 0. The molecule has 0 aliphatic rings. The van der Waals surface area contributed by atoms with E-state index in [-0.39, 0.29) is 5.82 Å². The van der Waals surface area contributed by atoms with Gasteiger partial charge in [0.25, 0.3) is 0 Å². The number of unbranched alkanes of at least 4 members (excludes halogenated alkanes) is 1. The van der Waals surface area contributed by atoms with Gasteiger partial charge in [-0.25, -0.2) is 9.97 Å². The highest BCUT2D eigenvalue weighted by atomic mass is 19.4. The van der Waals surface area contributed by atoms with Gasteiger partial charge >= 0.3 is 6.18 Å². The van der Waals surface area contributed by atoms with Gasteiger partial charge < -0.3 is 5.73 Å². The Morgan fingerprint density at radius 3 is 2.67 bits per heavy atom. The molecule has 2 N–H and O–H groups in total. The van der Waals surface area contributed by atoms with Crippen LogP contribution in [0.5, 0.6) is 0 Å². The molecule has 1 aromatic rings. The zero-order chi connectivity index (χ0) is 13.8. The van der Waals surface area contributed by atoms with E-state index in [2.05, 4.69) is 9.97 Å². The first-order valence-electron chi connectivity index (χ1n) is 5.55. The molecule has 0 radical (unpaired) electrons. The number of primary amides is 1. The van der Waals surface area contributed by atoms with Crippen molar-refractivity contribution in [2.75, 3.05) is 0 Å². The maximum absolute atomic E-state index is 12.5. The first-order valence-corrected chi connectivity index (χ1v) is 5.55.